The van der Waals surface area contributed by atoms with Crippen molar-refractivity contribution < 1.29 is 14.3 Å². The predicted molar refractivity (Wildman–Crippen MR) is 119 cm³/mol. The summed E-state index contributed by atoms with van der Waals surface area (Å²) in [6.07, 6.45) is 0.688. The Labute approximate surface area is 181 Å². The Bertz CT molecular complexity index is 1070. The normalized spacial score (nSPS) is 18.1. The fourth-order valence-electron chi connectivity index (χ4n) is 4.20. The van der Waals surface area contributed by atoms with Crippen LogP contribution in [0.5, 0.6) is 0 Å². The predicted octanol–water partition coefficient (Wildman–Crippen LogP) is 4.67. The third-order valence-corrected chi connectivity index (χ3v) is 6.04. The second-order valence-electron chi connectivity index (χ2n) is 7.33. The van der Waals surface area contributed by atoms with E-state index in [0.29, 0.717) is 24.1 Å². The van der Waals surface area contributed by atoms with Crippen LogP contribution in [0.4, 0.5) is 0 Å². The van der Waals surface area contributed by atoms with Crippen molar-refractivity contribution in [2.75, 3.05) is 13.7 Å². The molecule has 0 N–H and O–H groups in total. The molecule has 2 atom stereocenters. The molecule has 4 nitrogen and oxygen atoms in total. The van der Waals surface area contributed by atoms with Gasteiger partial charge in [-0.1, -0.05) is 66.7 Å². The molecule has 1 aliphatic heterocycles. The number of rotatable bonds is 5. The minimum Gasteiger partial charge on any atom is -0.468 e. The molecule has 0 fully saturated rings. The van der Waals surface area contributed by atoms with Crippen LogP contribution in [0.2, 0.25) is 0 Å². The molecular formula is C25H23NO3S. The summed E-state index contributed by atoms with van der Waals surface area (Å²) < 4.78 is 5.18. The summed E-state index contributed by atoms with van der Waals surface area (Å²) in [4.78, 5) is 29.0. The van der Waals surface area contributed by atoms with Crippen LogP contribution in [0.15, 0.2) is 83.8 Å². The first-order chi connectivity index (χ1) is 14.6. The minimum atomic E-state index is -0.618. The number of hydrogen-bond donors (Lipinski definition) is 1. The van der Waals surface area contributed by atoms with Crippen molar-refractivity contribution in [1.82, 2.24) is 4.90 Å². The molecule has 0 unspecified atom stereocenters. The first-order valence-electron chi connectivity index (χ1n) is 9.91. The van der Waals surface area contributed by atoms with Crippen LogP contribution < -0.4 is 0 Å². The third-order valence-electron chi connectivity index (χ3n) is 5.63. The van der Waals surface area contributed by atoms with Crippen molar-refractivity contribution in [2.24, 2.45) is 0 Å². The molecule has 30 heavy (non-hydrogen) atoms. The molecule has 0 saturated heterocycles. The molecule has 3 aromatic carbocycles. The molecule has 5 heteroatoms. The van der Waals surface area contributed by atoms with E-state index in [4.69, 9.17) is 4.74 Å². The summed E-state index contributed by atoms with van der Waals surface area (Å²) in [6.45, 7) is 0.484. The fraction of sp³-hybridized carbons (Fsp3) is 0.200. The smallest absolute Gasteiger partial charge is 0.315 e. The lowest BCUT2D eigenvalue weighted by atomic mass is 9.79. The van der Waals surface area contributed by atoms with Gasteiger partial charge in [-0.3, -0.25) is 9.59 Å². The highest BCUT2D eigenvalue weighted by atomic mass is 32.1. The molecule has 4 rings (SSSR count). The maximum Gasteiger partial charge on any atom is 0.315 e. The zero-order valence-corrected chi connectivity index (χ0v) is 17.6. The van der Waals surface area contributed by atoms with Gasteiger partial charge in [-0.15, -0.1) is 12.6 Å². The molecule has 0 bridgehead atoms. The van der Waals surface area contributed by atoms with Crippen molar-refractivity contribution in [3.8, 4) is 0 Å². The largest absolute Gasteiger partial charge is 0.468 e. The molecule has 3 aromatic rings. The first kappa shape index (κ1) is 20.2. The number of methoxy groups -OCH3 is 1. The molecule has 0 aromatic heterocycles. The standard InChI is InChI=1S/C25H23NO3S/c1-29-25(28)22-18-11-5-6-12-19(18)24(27)26(16-15-17-9-3-2-4-10-17)23(22)20-13-7-8-14-21(20)30/h2-14,22-23,30H,15-16H2,1H3/t22-,23+/m0/s1. The summed E-state index contributed by atoms with van der Waals surface area (Å²) in [6, 6.07) is 24.5. The van der Waals surface area contributed by atoms with E-state index in [1.807, 2.05) is 72.8 Å². The molecule has 0 spiro atoms. The van der Waals surface area contributed by atoms with Gasteiger partial charge in [0, 0.05) is 17.0 Å². The Kier molecular flexibility index (Phi) is 5.91. The number of benzene rings is 3. The van der Waals surface area contributed by atoms with E-state index in [1.165, 1.54) is 7.11 Å². The van der Waals surface area contributed by atoms with Gasteiger partial charge in [0.1, 0.15) is 5.92 Å². The van der Waals surface area contributed by atoms with E-state index in [-0.39, 0.29) is 11.9 Å². The quantitative estimate of drug-likeness (QED) is 0.485. The van der Waals surface area contributed by atoms with E-state index >= 15 is 0 Å². The number of amides is 1. The fourth-order valence-corrected chi connectivity index (χ4v) is 4.49. The zero-order chi connectivity index (χ0) is 21.1. The maximum absolute atomic E-state index is 13.5. The highest BCUT2D eigenvalue weighted by Gasteiger charge is 2.45. The number of fused-ring (bicyclic) bond motifs is 1. The van der Waals surface area contributed by atoms with Crippen molar-refractivity contribution in [2.45, 2.75) is 23.3 Å². The van der Waals surface area contributed by atoms with Crippen molar-refractivity contribution in [3.63, 3.8) is 0 Å². The van der Waals surface area contributed by atoms with Crippen molar-refractivity contribution >= 4 is 24.5 Å². The molecule has 152 valence electrons. The molecule has 1 heterocycles. The summed E-state index contributed by atoms with van der Waals surface area (Å²) in [5, 5.41) is 0. The van der Waals surface area contributed by atoms with Crippen LogP contribution in [0.25, 0.3) is 0 Å². The summed E-state index contributed by atoms with van der Waals surface area (Å²) >= 11 is 4.63. The Balaban J connectivity index is 1.83. The van der Waals surface area contributed by atoms with Gasteiger partial charge in [0.25, 0.3) is 5.91 Å². The van der Waals surface area contributed by atoms with E-state index in [0.717, 1.165) is 16.0 Å². The Hall–Kier alpha value is -3.05. The Morgan fingerprint density at radius 1 is 0.933 bits per heavy atom. The SMILES string of the molecule is COC(=O)[C@H]1c2ccccc2C(=O)N(CCc2ccccc2)[C@@H]1c1ccccc1S. The van der Waals surface area contributed by atoms with Gasteiger partial charge in [0.15, 0.2) is 0 Å². The molecular weight excluding hydrogens is 394 g/mol. The second kappa shape index (κ2) is 8.76. The molecule has 1 amide bonds. The number of carbonyl (C=O) groups is 2. The number of thiol groups is 1. The molecule has 0 radical (unpaired) electrons. The highest BCUT2D eigenvalue weighted by molar-refractivity contribution is 7.80. The van der Waals surface area contributed by atoms with Gasteiger partial charge in [0.05, 0.1) is 13.2 Å². The number of nitrogens with zero attached hydrogens (tertiary/aromatic N) is 1. The Morgan fingerprint density at radius 2 is 1.57 bits per heavy atom. The van der Waals surface area contributed by atoms with Gasteiger partial charge >= 0.3 is 5.97 Å². The van der Waals surface area contributed by atoms with Crippen LogP contribution in [0, 0.1) is 0 Å². The van der Waals surface area contributed by atoms with E-state index < -0.39 is 12.0 Å². The zero-order valence-electron chi connectivity index (χ0n) is 16.7. The van der Waals surface area contributed by atoms with Crippen LogP contribution in [-0.2, 0) is 16.0 Å². The number of hydrogen-bond acceptors (Lipinski definition) is 4. The number of carbonyl (C=O) groups excluding carboxylic acids is 2. The first-order valence-corrected chi connectivity index (χ1v) is 10.4. The lowest BCUT2D eigenvalue weighted by Crippen LogP contribution is -2.46. The highest BCUT2D eigenvalue weighted by Crippen LogP contribution is 2.44. The van der Waals surface area contributed by atoms with Crippen LogP contribution >= 0.6 is 12.6 Å². The molecule has 0 aliphatic carbocycles. The van der Waals surface area contributed by atoms with Gasteiger partial charge < -0.3 is 9.64 Å². The summed E-state index contributed by atoms with van der Waals surface area (Å²) in [7, 11) is 1.39. The van der Waals surface area contributed by atoms with E-state index in [2.05, 4.69) is 12.6 Å². The van der Waals surface area contributed by atoms with Crippen molar-refractivity contribution in [3.05, 3.63) is 101 Å². The lowest BCUT2D eigenvalue weighted by molar-refractivity contribution is -0.144. The van der Waals surface area contributed by atoms with Gasteiger partial charge in [-0.2, -0.15) is 0 Å². The molecule has 1 aliphatic rings. The van der Waals surface area contributed by atoms with Gasteiger partial charge in [0.2, 0.25) is 0 Å². The van der Waals surface area contributed by atoms with Crippen molar-refractivity contribution in [1.29, 1.82) is 0 Å². The molecule has 0 saturated carbocycles. The average Bonchev–Trinajstić information content (AvgIpc) is 2.79. The van der Waals surface area contributed by atoms with E-state index in [9.17, 15) is 9.59 Å². The van der Waals surface area contributed by atoms with Gasteiger partial charge in [-0.05, 0) is 35.2 Å². The summed E-state index contributed by atoms with van der Waals surface area (Å²) in [5.74, 6) is -1.06. The topological polar surface area (TPSA) is 46.6 Å². The third kappa shape index (κ3) is 3.73. The lowest BCUT2D eigenvalue weighted by Gasteiger charge is -2.41. The average molecular weight is 418 g/mol. The summed E-state index contributed by atoms with van der Waals surface area (Å²) in [5.41, 5.74) is 3.23. The Morgan fingerprint density at radius 3 is 2.27 bits per heavy atom. The van der Waals surface area contributed by atoms with E-state index in [1.54, 1.807) is 11.0 Å². The van der Waals surface area contributed by atoms with Gasteiger partial charge in [-0.25, -0.2) is 0 Å². The minimum absolute atomic E-state index is 0.0803. The van der Waals surface area contributed by atoms with Crippen LogP contribution in [0.3, 0.4) is 0 Å². The van der Waals surface area contributed by atoms with Crippen LogP contribution in [0.1, 0.15) is 39.0 Å². The monoisotopic (exact) mass is 417 g/mol. The number of esters is 1. The second-order valence-corrected chi connectivity index (χ2v) is 7.81. The maximum atomic E-state index is 13.5. The number of ether oxygens (including phenoxy) is 1. The van der Waals surface area contributed by atoms with Crippen LogP contribution in [-0.4, -0.2) is 30.4 Å².